The van der Waals surface area contributed by atoms with Gasteiger partial charge in [0.1, 0.15) is 24.8 Å². The van der Waals surface area contributed by atoms with Crippen LogP contribution in [0.1, 0.15) is 17.6 Å². The van der Waals surface area contributed by atoms with E-state index in [1.807, 2.05) is 0 Å². The summed E-state index contributed by atoms with van der Waals surface area (Å²) >= 11 is 0. The minimum atomic E-state index is -5.47. The molecule has 33 heteroatoms. The van der Waals surface area contributed by atoms with Crippen molar-refractivity contribution in [2.45, 2.75) is 25.4 Å². The predicted octanol–water partition coefficient (Wildman–Crippen LogP) is 2.77. The molecule has 5 atom stereocenters. The second-order valence-corrected chi connectivity index (χ2v) is 22.2. The lowest BCUT2D eigenvalue weighted by atomic mass is 10.0. The lowest BCUT2D eigenvalue weighted by Gasteiger charge is -2.20. The summed E-state index contributed by atoms with van der Waals surface area (Å²) in [4.78, 5) is 106. The summed E-state index contributed by atoms with van der Waals surface area (Å²) < 4.78 is 55.3. The third kappa shape index (κ3) is 14.8. The zero-order valence-corrected chi connectivity index (χ0v) is 41.1. The molecule has 1 aromatic carbocycles. The van der Waals surface area contributed by atoms with Gasteiger partial charge in [-0.15, -0.1) is 0 Å². The number of rotatable bonds is 25. The number of nitrogens with zero attached hydrogens (tertiary/aromatic N) is 9. The lowest BCUT2D eigenvalue weighted by molar-refractivity contribution is -0.144. The van der Waals surface area contributed by atoms with E-state index in [0.717, 1.165) is 16.1 Å². The number of hydrogen-bond acceptors (Lipinski definition) is 21. The largest absolute Gasteiger partial charge is 0.506 e. The standard InChI is InChI=1S/C42H44N11O19P3/c43-40-37-41(45-20-44-40)53(21-46-37)42-39(63)38(62)32(71-42)19-70-73(64,65)22-74(66,67)72-75(68,69)50-25-9-7-23(8-10-25)24-11-30(28-5-1-3-26(47-28)13-51(15-33(54)55)16-34(56)57)49-31(12-24)29-6-2-4-27(48-29)14-52(17-35(58)59)18-36(60)61/h1-12,20-21,39,42,62-63H,13-19,22H2,(H,54,55)(H,56,57)(H,58,59)(H,60,61)(H,64,65)(H,66,67)(H2,43,44,45)(H2,50,68,69)/t39?,42-/m1/s1. The number of carbonyl (C=O) groups is 4. The highest BCUT2D eigenvalue weighted by Gasteiger charge is 2.42. The summed E-state index contributed by atoms with van der Waals surface area (Å²) in [7, 11) is -16.0. The van der Waals surface area contributed by atoms with Crippen LogP contribution in [-0.2, 0) is 59.5 Å². The lowest BCUT2D eigenvalue weighted by Crippen LogP contribution is -2.34. The number of benzene rings is 1. The van der Waals surface area contributed by atoms with Crippen LogP contribution in [0.3, 0.4) is 0 Å². The van der Waals surface area contributed by atoms with Gasteiger partial charge in [-0.05, 0) is 59.7 Å². The minimum absolute atomic E-state index is 0.00230. The van der Waals surface area contributed by atoms with Gasteiger partial charge in [0.2, 0.25) is 6.23 Å². The Balaban J connectivity index is 1.08. The average Bonchev–Trinajstić information content (AvgIpc) is 3.86. The number of aromatic nitrogens is 7. The Morgan fingerprint density at radius 2 is 1.24 bits per heavy atom. The van der Waals surface area contributed by atoms with Crippen molar-refractivity contribution in [3.8, 4) is 33.9 Å². The molecule has 0 spiro atoms. The number of hydrogen-bond donors (Lipinski definition) is 11. The van der Waals surface area contributed by atoms with Crippen LogP contribution in [0.4, 0.5) is 11.5 Å². The molecule has 6 aromatic rings. The molecule has 30 nitrogen and oxygen atoms in total. The maximum Gasteiger partial charge on any atom is 0.437 e. The Morgan fingerprint density at radius 3 is 1.76 bits per heavy atom. The fraction of sp³-hybridized carbons (Fsp3) is 0.238. The van der Waals surface area contributed by atoms with Gasteiger partial charge in [-0.2, -0.15) is 0 Å². The zero-order valence-electron chi connectivity index (χ0n) is 38.4. The first-order valence-corrected chi connectivity index (χ1v) is 26.6. The van der Waals surface area contributed by atoms with Crippen molar-refractivity contribution in [2.75, 3.05) is 49.5 Å². The van der Waals surface area contributed by atoms with Gasteiger partial charge in [0, 0.05) is 18.8 Å². The molecule has 5 aromatic heterocycles. The molecule has 6 heterocycles. The van der Waals surface area contributed by atoms with Gasteiger partial charge in [-0.3, -0.25) is 52.3 Å². The number of aliphatic carboxylic acids is 4. The van der Waals surface area contributed by atoms with E-state index in [1.54, 1.807) is 48.5 Å². The first-order valence-electron chi connectivity index (χ1n) is 21.5. The van der Waals surface area contributed by atoms with Crippen LogP contribution < -0.4 is 10.8 Å². The smallest absolute Gasteiger partial charge is 0.437 e. The van der Waals surface area contributed by atoms with Gasteiger partial charge >= 0.3 is 46.8 Å². The normalized spacial score (nSPS) is 17.0. The van der Waals surface area contributed by atoms with E-state index in [0.29, 0.717) is 11.1 Å². The zero-order chi connectivity index (χ0) is 54.4. The Kier molecular flexibility index (Phi) is 16.8. The molecule has 396 valence electrons. The molecule has 0 saturated carbocycles. The highest BCUT2D eigenvalue weighted by molar-refractivity contribution is 7.75. The second-order valence-electron chi connectivity index (χ2n) is 16.3. The van der Waals surface area contributed by atoms with Crippen molar-refractivity contribution in [1.82, 2.24) is 44.3 Å². The van der Waals surface area contributed by atoms with Crippen molar-refractivity contribution in [2.24, 2.45) is 0 Å². The van der Waals surface area contributed by atoms with Crippen LogP contribution in [-0.4, -0.2) is 158 Å². The molecule has 12 N–H and O–H groups in total. The van der Waals surface area contributed by atoms with Crippen molar-refractivity contribution in [3.05, 3.63) is 108 Å². The Bertz CT molecular complexity index is 3210. The monoisotopic (exact) mass is 1100 g/mol. The SMILES string of the molecule is Nc1ncnc2c1ncn2[C@@H]1OC(COP(=O)(O)CP(=O)(O)OP(=O)(O)Nc2ccc(-c3cc(-c4cccc(CN(CC(=O)O)CC(=O)O)n4)nc(-c4cccc(CN(CC(=O)O)CC(=O)O)n4)c3)cc2)=C(O)C1O. The van der Waals surface area contributed by atoms with E-state index in [1.165, 1.54) is 35.2 Å². The second kappa shape index (κ2) is 22.9. The Labute approximate surface area is 421 Å². The summed E-state index contributed by atoms with van der Waals surface area (Å²) in [5.41, 5.74) is 8.20. The van der Waals surface area contributed by atoms with Gasteiger partial charge in [0.25, 0.3) is 0 Å². The van der Waals surface area contributed by atoms with Gasteiger partial charge in [-0.1, -0.05) is 24.3 Å². The molecule has 0 bridgehead atoms. The molecule has 1 aliphatic rings. The summed E-state index contributed by atoms with van der Waals surface area (Å²) in [6.07, 6.45) is -0.889. The predicted molar refractivity (Wildman–Crippen MR) is 258 cm³/mol. The van der Waals surface area contributed by atoms with Crippen LogP contribution in [0.25, 0.3) is 45.1 Å². The van der Waals surface area contributed by atoms with E-state index in [4.69, 9.17) is 20.0 Å². The number of ether oxygens (including phenoxy) is 1. The highest BCUT2D eigenvalue weighted by atomic mass is 31.3. The summed E-state index contributed by atoms with van der Waals surface area (Å²) in [5.74, 6) is -8.18. The molecule has 0 aliphatic carbocycles. The number of nitrogens with two attached hydrogens (primary N) is 1. The summed E-state index contributed by atoms with van der Waals surface area (Å²) in [5, 5.41) is 60.7. The Hall–Kier alpha value is -7.59. The summed E-state index contributed by atoms with van der Waals surface area (Å²) in [6.45, 7) is -3.80. The third-order valence-corrected chi connectivity index (χ3v) is 16.3. The number of nitrogens with one attached hydrogen (secondary N) is 1. The van der Waals surface area contributed by atoms with Crippen molar-refractivity contribution in [3.63, 3.8) is 0 Å². The number of fused-ring (bicyclic) bond motifs is 1. The Morgan fingerprint density at radius 1 is 0.707 bits per heavy atom. The topological polar surface area (TPSA) is 456 Å². The molecule has 0 radical (unpaired) electrons. The molecule has 1 aliphatic heterocycles. The molecule has 0 amide bonds. The number of imidazole rings is 1. The van der Waals surface area contributed by atoms with Gasteiger partial charge < -0.3 is 55.8 Å². The average molecular weight is 1100 g/mol. The summed E-state index contributed by atoms with van der Waals surface area (Å²) in [6, 6.07) is 18.1. The maximum atomic E-state index is 13.2. The molecule has 0 fully saturated rings. The van der Waals surface area contributed by atoms with Crippen molar-refractivity contribution in [1.29, 1.82) is 0 Å². The maximum absolute atomic E-state index is 13.2. The van der Waals surface area contributed by atoms with E-state index in [-0.39, 0.29) is 69.9 Å². The van der Waals surface area contributed by atoms with E-state index in [2.05, 4.69) is 34.3 Å². The molecule has 0 saturated heterocycles. The highest BCUT2D eigenvalue weighted by Crippen LogP contribution is 2.65. The van der Waals surface area contributed by atoms with Gasteiger partial charge in [0.05, 0.1) is 60.3 Å². The van der Waals surface area contributed by atoms with Crippen LogP contribution in [0.15, 0.2) is 97.0 Å². The fourth-order valence-corrected chi connectivity index (χ4v) is 12.6. The number of aliphatic hydroxyl groups excluding tert-OH is 2. The van der Waals surface area contributed by atoms with Gasteiger partial charge in [-0.25, -0.2) is 38.8 Å². The van der Waals surface area contributed by atoms with E-state index in [9.17, 15) is 78.2 Å². The molecule has 75 heavy (non-hydrogen) atoms. The van der Waals surface area contributed by atoms with Crippen LogP contribution in [0.2, 0.25) is 0 Å². The number of carboxylic acids is 4. The van der Waals surface area contributed by atoms with E-state index >= 15 is 0 Å². The number of nitrogen functional groups attached to an aromatic ring is 1. The number of pyridine rings is 3. The quantitative estimate of drug-likeness (QED) is 0.0367. The van der Waals surface area contributed by atoms with Crippen molar-refractivity contribution >= 4 is 69.5 Å². The molecule has 7 rings (SSSR count). The number of carboxylic acid groups (broad SMARTS) is 4. The van der Waals surface area contributed by atoms with Crippen LogP contribution in [0, 0.1) is 0 Å². The van der Waals surface area contributed by atoms with E-state index < -0.39 is 109 Å². The first-order chi connectivity index (χ1) is 35.3. The third-order valence-electron chi connectivity index (χ3n) is 10.4. The molecule has 4 unspecified atom stereocenters. The number of anilines is 2. The molecular weight excluding hydrogens is 1060 g/mol. The van der Waals surface area contributed by atoms with Crippen LogP contribution >= 0.6 is 22.9 Å². The van der Waals surface area contributed by atoms with Gasteiger partial charge in [0.15, 0.2) is 35.0 Å². The minimum Gasteiger partial charge on any atom is -0.506 e. The van der Waals surface area contributed by atoms with Crippen LogP contribution in [0.5, 0.6) is 0 Å². The van der Waals surface area contributed by atoms with Crippen molar-refractivity contribution < 1.29 is 91.8 Å². The number of aliphatic hydroxyl groups is 2. The fourth-order valence-electron chi connectivity index (χ4n) is 7.43. The first kappa shape index (κ1) is 55.2. The molecular formula is C42H44N11O19P3.